The lowest BCUT2D eigenvalue weighted by Crippen LogP contribution is -2.63. The summed E-state index contributed by atoms with van der Waals surface area (Å²) in [6.45, 7) is 2.65. The zero-order valence-corrected chi connectivity index (χ0v) is 14.8. The molecule has 1 unspecified atom stereocenters. The van der Waals surface area contributed by atoms with E-state index in [1.165, 1.54) is 0 Å². The van der Waals surface area contributed by atoms with Crippen molar-refractivity contribution in [2.45, 2.75) is 30.2 Å². The Bertz CT molecular complexity index is 699. The molecule has 1 aromatic rings. The topological polar surface area (TPSA) is 136 Å². The van der Waals surface area contributed by atoms with Crippen LogP contribution >= 0.6 is 0 Å². The third-order valence-electron chi connectivity index (χ3n) is 5.39. The second-order valence-electron chi connectivity index (χ2n) is 7.81. The number of benzene rings is 1. The summed E-state index contributed by atoms with van der Waals surface area (Å²) in [5, 5.41) is 38.3. The maximum Gasteiger partial charge on any atom is 0.343 e. The van der Waals surface area contributed by atoms with Crippen molar-refractivity contribution in [2.75, 3.05) is 32.8 Å². The molecule has 2 saturated heterocycles. The van der Waals surface area contributed by atoms with Crippen LogP contribution in [0.4, 0.5) is 0 Å². The summed E-state index contributed by atoms with van der Waals surface area (Å²) in [7, 11) is 0.925. The lowest BCUT2D eigenvalue weighted by Gasteiger charge is -2.43. The Hall–Kier alpha value is -1.81. The van der Waals surface area contributed by atoms with E-state index in [1.807, 2.05) is 11.8 Å². The van der Waals surface area contributed by atoms with Crippen molar-refractivity contribution >= 4 is 13.2 Å². The molecule has 2 heterocycles. The highest BCUT2D eigenvalue weighted by molar-refractivity contribution is 6.54. The van der Waals surface area contributed by atoms with Gasteiger partial charge in [0.25, 0.3) is 0 Å². The molecule has 0 saturated carbocycles. The number of aliphatic hydroxyl groups excluding tert-OH is 2. The second-order valence-corrected chi connectivity index (χ2v) is 7.81. The Morgan fingerprint density at radius 3 is 2.54 bits per heavy atom. The number of aliphatic hydroxyl groups is 2. The number of hydrogen-bond donors (Lipinski definition) is 5. The lowest BCUT2D eigenvalue weighted by atomic mass is 9.81. The second kappa shape index (κ2) is 6.73. The molecule has 0 bridgehead atoms. The molecule has 0 radical (unpaired) electrons. The molecule has 142 valence electrons. The van der Waals surface area contributed by atoms with E-state index in [1.54, 1.807) is 12.1 Å². The molecule has 3 rings (SSSR count). The largest absolute Gasteiger partial charge is 0.507 e. The van der Waals surface area contributed by atoms with Crippen molar-refractivity contribution < 1.29 is 30.0 Å². The van der Waals surface area contributed by atoms with Crippen LogP contribution in [0.3, 0.4) is 0 Å². The summed E-state index contributed by atoms with van der Waals surface area (Å²) >= 11 is 0. The fraction of sp³-hybridized carbons (Fsp3) is 0.588. The molecule has 2 aliphatic rings. The first-order valence-corrected chi connectivity index (χ1v) is 8.71. The number of carbonyl (C=O) groups is 1. The van der Waals surface area contributed by atoms with Crippen molar-refractivity contribution in [1.29, 1.82) is 0 Å². The van der Waals surface area contributed by atoms with Gasteiger partial charge in [-0.15, -0.1) is 0 Å². The lowest BCUT2D eigenvalue weighted by molar-refractivity contribution is -0.0121. The minimum absolute atomic E-state index is 0.149. The average Bonchev–Trinajstić information content (AvgIpc) is 3.30. The van der Waals surface area contributed by atoms with Gasteiger partial charge in [0, 0.05) is 19.6 Å². The zero-order chi connectivity index (χ0) is 19.1. The number of carboxylic acid groups (broad SMARTS) is 1. The van der Waals surface area contributed by atoms with Crippen molar-refractivity contribution in [2.24, 2.45) is 5.73 Å². The number of carboxylic acids is 1. The molecule has 9 heteroatoms. The molecule has 1 atom stereocenters. The molecule has 26 heavy (non-hydrogen) atoms. The van der Waals surface area contributed by atoms with Crippen LogP contribution < -0.4 is 10.5 Å². The van der Waals surface area contributed by atoms with E-state index in [0.717, 1.165) is 13.6 Å². The Kier molecular flexibility index (Phi) is 4.91. The number of hydrogen-bond acceptors (Lipinski definition) is 7. The average molecular weight is 364 g/mol. The number of nitrogens with two attached hydrogens (primary N) is 1. The van der Waals surface area contributed by atoms with E-state index in [9.17, 15) is 25.2 Å². The van der Waals surface area contributed by atoms with Gasteiger partial charge < -0.3 is 30.9 Å². The van der Waals surface area contributed by atoms with Gasteiger partial charge in [0.15, 0.2) is 0 Å². The first-order valence-electron chi connectivity index (χ1n) is 8.71. The van der Waals surface area contributed by atoms with Crippen LogP contribution in [-0.4, -0.2) is 83.1 Å². The first-order chi connectivity index (χ1) is 12.2. The van der Waals surface area contributed by atoms with Crippen LogP contribution in [0.25, 0.3) is 0 Å². The normalized spacial score (nSPS) is 23.2. The molecule has 2 fully saturated rings. The van der Waals surface area contributed by atoms with Gasteiger partial charge in [0.1, 0.15) is 30.4 Å². The maximum absolute atomic E-state index is 11.6. The molecule has 2 aliphatic heterocycles. The Morgan fingerprint density at radius 2 is 2.04 bits per heavy atom. The van der Waals surface area contributed by atoms with E-state index in [4.69, 9.17) is 10.5 Å². The van der Waals surface area contributed by atoms with E-state index in [-0.39, 0.29) is 41.7 Å². The standard InChI is InChI=1S/C17H25BN2O6/c1-16(6-18-16)11-2-3-12(13(14(11)23)15(24)25)26-10-4-20(5-10)7-17(19,8-21)9-22/h2-3,10,18,21-23H,4-9,19H2,1H3,(H,24,25). The zero-order valence-electron chi connectivity index (χ0n) is 14.8. The quantitative estimate of drug-likeness (QED) is 0.368. The van der Waals surface area contributed by atoms with Crippen LogP contribution in [0.1, 0.15) is 22.8 Å². The highest BCUT2D eigenvalue weighted by Gasteiger charge is 2.44. The number of aromatic carboxylic acids is 1. The molecule has 6 N–H and O–H groups in total. The smallest absolute Gasteiger partial charge is 0.343 e. The van der Waals surface area contributed by atoms with Gasteiger partial charge in [-0.05, 0) is 16.9 Å². The van der Waals surface area contributed by atoms with Crippen LogP contribution in [0.2, 0.25) is 6.32 Å². The summed E-state index contributed by atoms with van der Waals surface area (Å²) < 4.78 is 5.78. The van der Waals surface area contributed by atoms with Gasteiger partial charge >= 0.3 is 5.97 Å². The predicted molar refractivity (Wildman–Crippen MR) is 96.3 cm³/mol. The number of aromatic hydroxyl groups is 1. The van der Waals surface area contributed by atoms with Crippen molar-refractivity contribution in [3.05, 3.63) is 23.3 Å². The summed E-state index contributed by atoms with van der Waals surface area (Å²) in [6.07, 6.45) is 0.685. The molecule has 0 amide bonds. The highest BCUT2D eigenvalue weighted by Crippen LogP contribution is 2.47. The van der Waals surface area contributed by atoms with Crippen molar-refractivity contribution in [3.63, 3.8) is 0 Å². The van der Waals surface area contributed by atoms with Crippen LogP contribution in [-0.2, 0) is 5.31 Å². The third-order valence-corrected chi connectivity index (χ3v) is 5.39. The Labute approximate surface area is 152 Å². The molecular weight excluding hydrogens is 339 g/mol. The van der Waals surface area contributed by atoms with E-state index < -0.39 is 11.5 Å². The minimum Gasteiger partial charge on any atom is -0.507 e. The molecule has 8 nitrogen and oxygen atoms in total. The number of phenols is 1. The molecular formula is C17H25BN2O6. The summed E-state index contributed by atoms with van der Waals surface area (Å²) in [5.41, 5.74) is 5.23. The third kappa shape index (κ3) is 3.52. The highest BCUT2D eigenvalue weighted by atomic mass is 16.5. The first kappa shape index (κ1) is 19.0. The van der Waals surface area contributed by atoms with Gasteiger partial charge in [-0.3, -0.25) is 4.90 Å². The van der Waals surface area contributed by atoms with Crippen molar-refractivity contribution in [3.8, 4) is 11.5 Å². The molecule has 0 aliphatic carbocycles. The Morgan fingerprint density at radius 1 is 1.42 bits per heavy atom. The van der Waals surface area contributed by atoms with E-state index in [0.29, 0.717) is 25.2 Å². The molecule has 0 aromatic heterocycles. The van der Waals surface area contributed by atoms with E-state index in [2.05, 4.69) is 0 Å². The van der Waals surface area contributed by atoms with Gasteiger partial charge in [-0.25, -0.2) is 4.79 Å². The van der Waals surface area contributed by atoms with Gasteiger partial charge in [-0.1, -0.05) is 19.3 Å². The monoisotopic (exact) mass is 364 g/mol. The summed E-state index contributed by atoms with van der Waals surface area (Å²) in [5.74, 6) is -1.29. The van der Waals surface area contributed by atoms with Gasteiger partial charge in [-0.2, -0.15) is 0 Å². The predicted octanol–water partition coefficient (Wildman–Crippen LogP) is -1.08. The SMILES string of the molecule is CC1(c2ccc(OC3CN(CC(N)(CO)CO)C3)c(C(=O)O)c2O)BC1. The number of likely N-dealkylation sites (tertiary alicyclic amines) is 1. The summed E-state index contributed by atoms with van der Waals surface area (Å²) in [6, 6.07) is 3.35. The number of nitrogens with zero attached hydrogens (tertiary/aromatic N) is 1. The Balaban J connectivity index is 1.68. The fourth-order valence-corrected chi connectivity index (χ4v) is 3.32. The van der Waals surface area contributed by atoms with Crippen LogP contribution in [0.5, 0.6) is 11.5 Å². The van der Waals surface area contributed by atoms with Gasteiger partial charge in [0.05, 0.1) is 18.8 Å². The molecule has 1 aromatic carbocycles. The molecule has 0 spiro atoms. The number of rotatable bonds is 8. The fourth-order valence-electron chi connectivity index (χ4n) is 3.32. The van der Waals surface area contributed by atoms with Crippen LogP contribution in [0.15, 0.2) is 12.1 Å². The van der Waals surface area contributed by atoms with Crippen LogP contribution in [0, 0.1) is 0 Å². The minimum atomic E-state index is -1.22. The maximum atomic E-state index is 11.6. The van der Waals surface area contributed by atoms with E-state index >= 15 is 0 Å². The number of ether oxygens (including phenoxy) is 1. The van der Waals surface area contributed by atoms with Crippen molar-refractivity contribution in [1.82, 2.24) is 4.90 Å². The summed E-state index contributed by atoms with van der Waals surface area (Å²) in [4.78, 5) is 13.6. The van der Waals surface area contributed by atoms with Gasteiger partial charge in [0.2, 0.25) is 0 Å².